The molecule has 3 rings (SSSR count). The van der Waals surface area contributed by atoms with Gasteiger partial charge in [-0.15, -0.1) is 0 Å². The molecule has 8 nitrogen and oxygen atoms in total. The molecule has 0 aliphatic carbocycles. The summed E-state index contributed by atoms with van der Waals surface area (Å²) < 4.78 is 12.8. The quantitative estimate of drug-likeness (QED) is 0.869. The second-order valence-corrected chi connectivity index (χ2v) is 5.41. The molecule has 0 saturated carbocycles. The number of nitrogens with one attached hydrogen (secondary N) is 1. The third-order valence-electron chi connectivity index (χ3n) is 3.92. The Hall–Kier alpha value is -3.21. The topological polar surface area (TPSA) is 98.3 Å². The molecule has 1 N–H and O–H groups in total. The molecule has 0 fully saturated rings. The number of benzene rings is 1. The van der Waals surface area contributed by atoms with Crippen molar-refractivity contribution in [3.05, 3.63) is 50.2 Å². The Kier molecular flexibility index (Phi) is 4.00. The van der Waals surface area contributed by atoms with E-state index in [0.29, 0.717) is 24.5 Å². The molecule has 8 heteroatoms. The number of nitrogens with zero attached hydrogens (tertiary/aromatic N) is 3. The van der Waals surface area contributed by atoms with Gasteiger partial charge in [0, 0.05) is 20.6 Å². The Labute approximate surface area is 137 Å². The van der Waals surface area contributed by atoms with Gasteiger partial charge in [-0.25, -0.2) is 4.79 Å². The zero-order valence-electron chi connectivity index (χ0n) is 13.3. The van der Waals surface area contributed by atoms with Crippen LogP contribution in [0.25, 0.3) is 0 Å². The summed E-state index contributed by atoms with van der Waals surface area (Å²) in [5.41, 5.74) is -0.153. The monoisotopic (exact) mass is 328 g/mol. The van der Waals surface area contributed by atoms with Crippen molar-refractivity contribution in [2.45, 2.75) is 6.42 Å². The summed E-state index contributed by atoms with van der Waals surface area (Å²) in [5.74, 6) is 1.64. The maximum absolute atomic E-state index is 12.0. The predicted molar refractivity (Wildman–Crippen MR) is 86.4 cm³/mol. The van der Waals surface area contributed by atoms with Crippen LogP contribution in [0.4, 0.5) is 5.82 Å². The number of hydrogen-bond acceptors (Lipinski definition) is 6. The van der Waals surface area contributed by atoms with Crippen LogP contribution in [0.15, 0.2) is 27.8 Å². The molecule has 1 aliphatic heterocycles. The van der Waals surface area contributed by atoms with Gasteiger partial charge in [0.25, 0.3) is 5.56 Å². The second-order valence-electron chi connectivity index (χ2n) is 5.41. The summed E-state index contributed by atoms with van der Waals surface area (Å²) in [6.45, 7) is 0.673. The molecule has 0 spiro atoms. The van der Waals surface area contributed by atoms with Crippen molar-refractivity contribution in [1.29, 1.82) is 5.26 Å². The Balaban J connectivity index is 1.79. The van der Waals surface area contributed by atoms with Gasteiger partial charge in [-0.2, -0.15) is 5.26 Å². The molecule has 1 aromatic carbocycles. The number of rotatable bonds is 4. The summed E-state index contributed by atoms with van der Waals surface area (Å²) in [6.07, 6.45) is 0.630. The first-order chi connectivity index (χ1) is 11.5. The number of fused-ring (bicyclic) bond motifs is 1. The minimum atomic E-state index is -0.605. The van der Waals surface area contributed by atoms with Gasteiger partial charge in [-0.3, -0.25) is 13.9 Å². The first kappa shape index (κ1) is 15.7. The standard InChI is InChI=1S/C16H16N4O4/c1-19-14(11(8-17)15(21)20(2)16(19)22)18-6-5-10-3-4-12-13(7-10)24-9-23-12/h3-4,7,18H,5-6,9H2,1-2H3. The van der Waals surface area contributed by atoms with E-state index in [1.54, 1.807) is 0 Å². The highest BCUT2D eigenvalue weighted by atomic mass is 16.7. The first-order valence-electron chi connectivity index (χ1n) is 7.35. The average molecular weight is 328 g/mol. The van der Waals surface area contributed by atoms with Crippen LogP contribution in [0.3, 0.4) is 0 Å². The largest absolute Gasteiger partial charge is 0.454 e. The lowest BCUT2D eigenvalue weighted by Crippen LogP contribution is -2.40. The van der Waals surface area contributed by atoms with Crippen molar-refractivity contribution in [1.82, 2.24) is 9.13 Å². The number of aromatic nitrogens is 2. The fraction of sp³-hybridized carbons (Fsp3) is 0.312. The number of ether oxygens (including phenoxy) is 2. The van der Waals surface area contributed by atoms with E-state index in [4.69, 9.17) is 9.47 Å². The highest BCUT2D eigenvalue weighted by molar-refractivity contribution is 5.51. The fourth-order valence-corrected chi connectivity index (χ4v) is 2.57. The number of hydrogen-bond donors (Lipinski definition) is 1. The van der Waals surface area contributed by atoms with Crippen molar-refractivity contribution < 1.29 is 9.47 Å². The molecule has 2 aromatic rings. The normalized spacial score (nSPS) is 12.0. The molecule has 0 saturated heterocycles. The molecular weight excluding hydrogens is 312 g/mol. The van der Waals surface area contributed by atoms with Crippen LogP contribution >= 0.6 is 0 Å². The van der Waals surface area contributed by atoms with Crippen LogP contribution in [0.5, 0.6) is 11.5 Å². The van der Waals surface area contributed by atoms with E-state index in [9.17, 15) is 14.9 Å². The number of nitriles is 1. The lowest BCUT2D eigenvalue weighted by atomic mass is 10.1. The Morgan fingerprint density at radius 1 is 1.21 bits per heavy atom. The van der Waals surface area contributed by atoms with Crippen LogP contribution in [-0.2, 0) is 20.5 Å². The Morgan fingerprint density at radius 3 is 2.71 bits per heavy atom. The zero-order valence-corrected chi connectivity index (χ0v) is 13.3. The van der Waals surface area contributed by atoms with Crippen molar-refractivity contribution in [2.24, 2.45) is 14.1 Å². The molecule has 24 heavy (non-hydrogen) atoms. The van der Waals surface area contributed by atoms with Gasteiger partial charge in [0.15, 0.2) is 17.1 Å². The second kappa shape index (κ2) is 6.12. The molecule has 2 heterocycles. The van der Waals surface area contributed by atoms with Crippen LogP contribution in [0, 0.1) is 11.3 Å². The van der Waals surface area contributed by atoms with Crippen molar-refractivity contribution in [3.63, 3.8) is 0 Å². The van der Waals surface area contributed by atoms with Gasteiger partial charge in [-0.1, -0.05) is 6.07 Å². The highest BCUT2D eigenvalue weighted by Gasteiger charge is 2.16. The third kappa shape index (κ3) is 2.60. The van der Waals surface area contributed by atoms with E-state index in [2.05, 4.69) is 5.32 Å². The molecule has 0 bridgehead atoms. The van der Waals surface area contributed by atoms with Crippen LogP contribution in [0.2, 0.25) is 0 Å². The van der Waals surface area contributed by atoms with Gasteiger partial charge < -0.3 is 14.8 Å². The lowest BCUT2D eigenvalue weighted by Gasteiger charge is -2.13. The molecule has 0 radical (unpaired) electrons. The van der Waals surface area contributed by atoms with E-state index in [1.807, 2.05) is 24.3 Å². The Morgan fingerprint density at radius 2 is 1.96 bits per heavy atom. The van der Waals surface area contributed by atoms with E-state index >= 15 is 0 Å². The van der Waals surface area contributed by atoms with Crippen molar-refractivity contribution in [2.75, 3.05) is 18.7 Å². The van der Waals surface area contributed by atoms with E-state index in [0.717, 1.165) is 10.1 Å². The molecule has 0 atom stereocenters. The van der Waals surface area contributed by atoms with Gasteiger partial charge >= 0.3 is 5.69 Å². The first-order valence-corrected chi connectivity index (χ1v) is 7.35. The lowest BCUT2D eigenvalue weighted by molar-refractivity contribution is 0.174. The molecule has 1 aromatic heterocycles. The van der Waals surface area contributed by atoms with Crippen LogP contribution < -0.4 is 26.0 Å². The summed E-state index contributed by atoms with van der Waals surface area (Å²) >= 11 is 0. The fourth-order valence-electron chi connectivity index (χ4n) is 2.57. The van der Waals surface area contributed by atoms with E-state index < -0.39 is 11.2 Å². The van der Waals surface area contributed by atoms with Gasteiger partial charge in [-0.05, 0) is 24.1 Å². The van der Waals surface area contributed by atoms with Crippen LogP contribution in [-0.4, -0.2) is 22.5 Å². The van der Waals surface area contributed by atoms with Crippen molar-refractivity contribution >= 4 is 5.82 Å². The maximum Gasteiger partial charge on any atom is 0.332 e. The van der Waals surface area contributed by atoms with Crippen molar-refractivity contribution in [3.8, 4) is 17.6 Å². The molecule has 0 amide bonds. The van der Waals surface area contributed by atoms with Gasteiger partial charge in [0.05, 0.1) is 0 Å². The third-order valence-corrected chi connectivity index (χ3v) is 3.92. The molecule has 1 aliphatic rings. The zero-order chi connectivity index (χ0) is 17.3. The summed E-state index contributed by atoms with van der Waals surface area (Å²) in [5, 5.41) is 12.2. The smallest absolute Gasteiger partial charge is 0.332 e. The van der Waals surface area contributed by atoms with Gasteiger partial charge in [0.1, 0.15) is 11.9 Å². The maximum atomic E-state index is 12.0. The van der Waals surface area contributed by atoms with Gasteiger partial charge in [0.2, 0.25) is 6.79 Å². The SMILES string of the molecule is Cn1c(NCCc2ccc3c(c2)OCO3)c(C#N)c(=O)n(C)c1=O. The van der Waals surface area contributed by atoms with Crippen LogP contribution in [0.1, 0.15) is 11.1 Å². The Bertz CT molecular complexity index is 952. The molecule has 124 valence electrons. The average Bonchev–Trinajstić information content (AvgIpc) is 3.05. The molecular formula is C16H16N4O4. The predicted octanol–water partition coefficient (Wildman–Crippen LogP) is 0.339. The van der Waals surface area contributed by atoms with E-state index in [-0.39, 0.29) is 18.2 Å². The summed E-state index contributed by atoms with van der Waals surface area (Å²) in [7, 11) is 2.87. The molecule has 0 unspecified atom stereocenters. The highest BCUT2D eigenvalue weighted by Crippen LogP contribution is 2.32. The minimum absolute atomic E-state index is 0.0784. The number of anilines is 1. The summed E-state index contributed by atoms with van der Waals surface area (Å²) in [4.78, 5) is 24.0. The van der Waals surface area contributed by atoms with E-state index in [1.165, 1.54) is 18.7 Å². The minimum Gasteiger partial charge on any atom is -0.454 e. The summed E-state index contributed by atoms with van der Waals surface area (Å²) in [6, 6.07) is 7.51.